The van der Waals surface area contributed by atoms with E-state index in [1.54, 1.807) is 6.20 Å². The monoisotopic (exact) mass is 214 g/mol. The molecule has 0 fully saturated rings. The van der Waals surface area contributed by atoms with Crippen molar-refractivity contribution in [1.29, 1.82) is 0 Å². The molecule has 0 radical (unpaired) electrons. The molecule has 0 N–H and O–H groups in total. The van der Waals surface area contributed by atoms with Crippen LogP contribution in [0.5, 0.6) is 0 Å². The molecule has 0 unspecified atom stereocenters. The van der Waals surface area contributed by atoms with Crippen LogP contribution < -0.4 is 0 Å². The van der Waals surface area contributed by atoms with Gasteiger partial charge in [-0.3, -0.25) is 0 Å². The van der Waals surface area contributed by atoms with Gasteiger partial charge in [0.1, 0.15) is 0 Å². The predicted octanol–water partition coefficient (Wildman–Crippen LogP) is 2.53. The molecule has 2 nitrogen and oxygen atoms in total. The maximum absolute atomic E-state index is 5.81. The molecule has 0 atom stereocenters. The predicted molar refractivity (Wildman–Crippen MR) is 59.5 cm³/mol. The standard InChI is InChI=1S/C12H7ClN2/c13-12-11(14-8-9-15-12)7-6-10-4-2-1-3-5-10/h1-5,8-9H. The van der Waals surface area contributed by atoms with Gasteiger partial charge in [0.2, 0.25) is 0 Å². The van der Waals surface area contributed by atoms with E-state index in [1.807, 2.05) is 30.3 Å². The molecule has 72 valence electrons. The third-order valence-corrected chi connectivity index (χ3v) is 2.03. The van der Waals surface area contributed by atoms with Gasteiger partial charge in [-0.1, -0.05) is 35.7 Å². The highest BCUT2D eigenvalue weighted by Crippen LogP contribution is 2.06. The van der Waals surface area contributed by atoms with Crippen LogP contribution in [0.15, 0.2) is 42.7 Å². The van der Waals surface area contributed by atoms with Crippen molar-refractivity contribution in [3.8, 4) is 11.8 Å². The first-order chi connectivity index (χ1) is 7.36. The second-order valence-electron chi connectivity index (χ2n) is 2.81. The van der Waals surface area contributed by atoms with Crippen molar-refractivity contribution < 1.29 is 0 Å². The normalized spacial score (nSPS) is 9.13. The molecule has 0 amide bonds. The van der Waals surface area contributed by atoms with E-state index in [-0.39, 0.29) is 0 Å². The van der Waals surface area contributed by atoms with Gasteiger partial charge in [-0.25, -0.2) is 9.97 Å². The molecule has 0 spiro atoms. The Hall–Kier alpha value is -1.85. The minimum Gasteiger partial charge on any atom is -0.243 e. The van der Waals surface area contributed by atoms with E-state index in [9.17, 15) is 0 Å². The van der Waals surface area contributed by atoms with Gasteiger partial charge in [0.15, 0.2) is 10.8 Å². The van der Waals surface area contributed by atoms with Gasteiger partial charge < -0.3 is 0 Å². The van der Waals surface area contributed by atoms with Crippen LogP contribution in [0.1, 0.15) is 11.3 Å². The van der Waals surface area contributed by atoms with Crippen LogP contribution in [-0.2, 0) is 0 Å². The third-order valence-electron chi connectivity index (χ3n) is 1.75. The average molecular weight is 215 g/mol. The Labute approximate surface area is 93.0 Å². The molecule has 1 aromatic carbocycles. The Bertz CT molecular complexity index is 512. The van der Waals surface area contributed by atoms with Gasteiger partial charge in [-0.15, -0.1) is 0 Å². The molecule has 1 heterocycles. The van der Waals surface area contributed by atoms with Gasteiger partial charge in [0, 0.05) is 18.0 Å². The van der Waals surface area contributed by atoms with E-state index < -0.39 is 0 Å². The molecule has 0 aliphatic carbocycles. The average Bonchev–Trinajstić information content (AvgIpc) is 2.29. The van der Waals surface area contributed by atoms with Crippen LogP contribution in [0.25, 0.3) is 0 Å². The van der Waals surface area contributed by atoms with E-state index in [1.165, 1.54) is 6.20 Å². The summed E-state index contributed by atoms with van der Waals surface area (Å²) >= 11 is 5.81. The molecule has 2 rings (SSSR count). The summed E-state index contributed by atoms with van der Waals surface area (Å²) in [5.41, 5.74) is 1.43. The van der Waals surface area contributed by atoms with Gasteiger partial charge in [-0.2, -0.15) is 0 Å². The van der Waals surface area contributed by atoms with Crippen LogP contribution in [0.4, 0.5) is 0 Å². The summed E-state index contributed by atoms with van der Waals surface area (Å²) < 4.78 is 0. The molecule has 0 bridgehead atoms. The highest BCUT2D eigenvalue weighted by atomic mass is 35.5. The van der Waals surface area contributed by atoms with Crippen molar-refractivity contribution in [2.45, 2.75) is 0 Å². The Kier molecular flexibility index (Phi) is 2.96. The van der Waals surface area contributed by atoms with Gasteiger partial charge >= 0.3 is 0 Å². The molecule has 0 saturated carbocycles. The Morgan fingerprint density at radius 2 is 1.67 bits per heavy atom. The van der Waals surface area contributed by atoms with Crippen molar-refractivity contribution in [3.05, 3.63) is 59.1 Å². The molecule has 1 aromatic heterocycles. The molecule has 0 aliphatic heterocycles. The van der Waals surface area contributed by atoms with Crippen molar-refractivity contribution in [3.63, 3.8) is 0 Å². The zero-order valence-electron chi connectivity index (χ0n) is 7.81. The van der Waals surface area contributed by atoms with Gasteiger partial charge in [0.05, 0.1) is 0 Å². The Morgan fingerprint density at radius 3 is 2.40 bits per heavy atom. The quantitative estimate of drug-likeness (QED) is 0.630. The lowest BCUT2D eigenvalue weighted by Gasteiger charge is -1.91. The molecule has 3 heteroatoms. The number of halogens is 1. The number of benzene rings is 1. The SMILES string of the molecule is Clc1nccnc1C#Cc1ccccc1. The second-order valence-corrected chi connectivity index (χ2v) is 3.17. The summed E-state index contributed by atoms with van der Waals surface area (Å²) in [7, 11) is 0. The maximum Gasteiger partial charge on any atom is 0.163 e. The number of aromatic nitrogens is 2. The lowest BCUT2D eigenvalue weighted by molar-refractivity contribution is 1.17. The van der Waals surface area contributed by atoms with Crippen molar-refractivity contribution in [2.24, 2.45) is 0 Å². The molecule has 0 aliphatic rings. The largest absolute Gasteiger partial charge is 0.243 e. The van der Waals surface area contributed by atoms with E-state index in [4.69, 9.17) is 11.6 Å². The molecule has 0 saturated heterocycles. The molecular weight excluding hydrogens is 208 g/mol. The highest BCUT2D eigenvalue weighted by molar-refractivity contribution is 6.30. The Balaban J connectivity index is 2.31. The summed E-state index contributed by atoms with van der Waals surface area (Å²) in [5.74, 6) is 5.84. The van der Waals surface area contributed by atoms with Crippen molar-refractivity contribution in [2.75, 3.05) is 0 Å². The summed E-state index contributed by atoms with van der Waals surface area (Å²) in [6, 6.07) is 9.67. The van der Waals surface area contributed by atoms with Crippen LogP contribution in [0.2, 0.25) is 5.15 Å². The number of rotatable bonds is 0. The van der Waals surface area contributed by atoms with Crippen molar-refractivity contribution >= 4 is 11.6 Å². The van der Waals surface area contributed by atoms with E-state index in [0.717, 1.165) is 5.56 Å². The number of hydrogen-bond acceptors (Lipinski definition) is 2. The van der Waals surface area contributed by atoms with Crippen molar-refractivity contribution in [1.82, 2.24) is 9.97 Å². The van der Waals surface area contributed by atoms with E-state index in [0.29, 0.717) is 10.8 Å². The van der Waals surface area contributed by atoms with Gasteiger partial charge in [-0.05, 0) is 18.1 Å². The fourth-order valence-corrected chi connectivity index (χ4v) is 1.21. The first kappa shape index (κ1) is 9.70. The summed E-state index contributed by atoms with van der Waals surface area (Å²) in [6.07, 6.45) is 3.11. The summed E-state index contributed by atoms with van der Waals surface area (Å²) in [5, 5.41) is 0.334. The maximum atomic E-state index is 5.81. The van der Waals surface area contributed by atoms with Crippen LogP contribution >= 0.6 is 11.6 Å². The molecular formula is C12H7ClN2. The summed E-state index contributed by atoms with van der Waals surface area (Å²) in [4.78, 5) is 7.92. The van der Waals surface area contributed by atoms with Gasteiger partial charge in [0.25, 0.3) is 0 Å². The number of hydrogen-bond donors (Lipinski definition) is 0. The fourth-order valence-electron chi connectivity index (χ4n) is 1.06. The lowest BCUT2D eigenvalue weighted by atomic mass is 10.2. The fraction of sp³-hybridized carbons (Fsp3) is 0. The van der Waals surface area contributed by atoms with Crippen LogP contribution in [0.3, 0.4) is 0 Å². The third kappa shape index (κ3) is 2.55. The van der Waals surface area contributed by atoms with Crippen LogP contribution in [-0.4, -0.2) is 9.97 Å². The first-order valence-electron chi connectivity index (χ1n) is 4.40. The summed E-state index contributed by atoms with van der Waals surface area (Å²) in [6.45, 7) is 0. The zero-order valence-corrected chi connectivity index (χ0v) is 8.57. The zero-order chi connectivity index (χ0) is 10.5. The van der Waals surface area contributed by atoms with E-state index in [2.05, 4.69) is 21.8 Å². The minimum absolute atomic E-state index is 0.334. The number of nitrogens with zero attached hydrogens (tertiary/aromatic N) is 2. The topological polar surface area (TPSA) is 25.8 Å². The smallest absolute Gasteiger partial charge is 0.163 e. The lowest BCUT2D eigenvalue weighted by Crippen LogP contribution is -1.85. The first-order valence-corrected chi connectivity index (χ1v) is 4.77. The molecule has 15 heavy (non-hydrogen) atoms. The Morgan fingerprint density at radius 1 is 0.933 bits per heavy atom. The molecule has 2 aromatic rings. The highest BCUT2D eigenvalue weighted by Gasteiger charge is 1.95. The minimum atomic E-state index is 0.334. The van der Waals surface area contributed by atoms with E-state index >= 15 is 0 Å². The second kappa shape index (κ2) is 4.59. The van der Waals surface area contributed by atoms with Crippen LogP contribution in [0, 0.1) is 11.8 Å².